The number of hydrogen-bond acceptors (Lipinski definition) is 5. The van der Waals surface area contributed by atoms with Crippen molar-refractivity contribution in [1.29, 1.82) is 0 Å². The molecule has 1 fully saturated rings. The van der Waals surface area contributed by atoms with Crippen LogP contribution in [-0.4, -0.2) is 35.4 Å². The lowest BCUT2D eigenvalue weighted by Gasteiger charge is -2.35. The second-order valence-corrected chi connectivity index (χ2v) is 7.30. The van der Waals surface area contributed by atoms with Crippen molar-refractivity contribution in [1.82, 2.24) is 10.2 Å². The Morgan fingerprint density at radius 1 is 1.29 bits per heavy atom. The minimum Gasteiger partial charge on any atom is -0.419 e. The van der Waals surface area contributed by atoms with Gasteiger partial charge in [0.05, 0.1) is 16.2 Å². The molecule has 6 nitrogen and oxygen atoms in total. The van der Waals surface area contributed by atoms with Gasteiger partial charge in [-0.1, -0.05) is 23.2 Å². The second-order valence-electron chi connectivity index (χ2n) is 6.48. The van der Waals surface area contributed by atoms with E-state index in [2.05, 4.69) is 19.8 Å². The molecule has 2 heterocycles. The Bertz CT molecular complexity index is 838. The summed E-state index contributed by atoms with van der Waals surface area (Å²) in [4.78, 5) is 13.4. The first-order valence-corrected chi connectivity index (χ1v) is 9.20. The number of anilines is 1. The number of H-pyrrole nitrogens is 1. The van der Waals surface area contributed by atoms with E-state index in [0.717, 1.165) is 11.9 Å². The van der Waals surface area contributed by atoms with Gasteiger partial charge in [-0.2, -0.15) is 18.3 Å². The van der Waals surface area contributed by atoms with Gasteiger partial charge in [0.1, 0.15) is 11.6 Å². The highest BCUT2D eigenvalue weighted by molar-refractivity contribution is 6.42. The van der Waals surface area contributed by atoms with Crippen LogP contribution in [0.2, 0.25) is 10.0 Å². The fraction of sp³-hybridized carbons (Fsp3) is 0.412. The average Bonchev–Trinajstić information content (AvgIpc) is 3.18. The number of ether oxygens (including phenoxy) is 1. The highest BCUT2D eigenvalue weighted by Crippen LogP contribution is 2.39. The molecule has 0 aliphatic carbocycles. The number of halogens is 5. The van der Waals surface area contributed by atoms with E-state index < -0.39 is 18.2 Å². The van der Waals surface area contributed by atoms with Crippen LogP contribution in [0.15, 0.2) is 24.4 Å². The molecule has 1 aromatic heterocycles. The predicted molar refractivity (Wildman–Crippen MR) is 98.6 cm³/mol. The number of piperidine rings is 1. The SMILES string of the molecule is N[C@@H](c1cc(Cl)c(Cl)cc1OC(=O)C(F)(F)F)C1CCN(c2ccn[nH]2)CC1. The molecule has 0 spiro atoms. The van der Waals surface area contributed by atoms with E-state index in [0.29, 0.717) is 25.9 Å². The van der Waals surface area contributed by atoms with Crippen molar-refractivity contribution in [2.24, 2.45) is 11.7 Å². The average molecular weight is 437 g/mol. The number of aromatic nitrogens is 2. The monoisotopic (exact) mass is 436 g/mol. The summed E-state index contributed by atoms with van der Waals surface area (Å²) in [7, 11) is 0. The first-order chi connectivity index (χ1) is 13.2. The van der Waals surface area contributed by atoms with Gasteiger partial charge in [0, 0.05) is 36.8 Å². The number of carbonyl (C=O) groups is 1. The topological polar surface area (TPSA) is 84.2 Å². The Morgan fingerprint density at radius 3 is 2.50 bits per heavy atom. The van der Waals surface area contributed by atoms with Crippen molar-refractivity contribution in [3.63, 3.8) is 0 Å². The summed E-state index contributed by atoms with van der Waals surface area (Å²) in [6.45, 7) is 1.39. The Kier molecular flexibility index (Phi) is 6.07. The van der Waals surface area contributed by atoms with Gasteiger partial charge in [-0.15, -0.1) is 0 Å². The lowest BCUT2D eigenvalue weighted by molar-refractivity contribution is -0.189. The van der Waals surface area contributed by atoms with Crippen LogP contribution < -0.4 is 15.4 Å². The number of nitrogens with two attached hydrogens (primary N) is 1. The quantitative estimate of drug-likeness (QED) is 0.556. The number of nitrogens with zero attached hydrogens (tertiary/aromatic N) is 2. The first-order valence-electron chi connectivity index (χ1n) is 8.44. The zero-order chi connectivity index (χ0) is 20.5. The molecule has 11 heteroatoms. The van der Waals surface area contributed by atoms with Crippen LogP contribution >= 0.6 is 23.2 Å². The number of carbonyl (C=O) groups excluding carboxylic acids is 1. The predicted octanol–water partition coefficient (Wildman–Crippen LogP) is 4.10. The molecule has 0 saturated carbocycles. The molecule has 3 N–H and O–H groups in total. The van der Waals surface area contributed by atoms with Crippen LogP contribution in [0.4, 0.5) is 19.0 Å². The minimum atomic E-state index is -5.14. The fourth-order valence-electron chi connectivity index (χ4n) is 3.23. The molecule has 0 bridgehead atoms. The number of benzene rings is 1. The van der Waals surface area contributed by atoms with Gasteiger partial charge in [-0.05, 0) is 24.8 Å². The highest BCUT2D eigenvalue weighted by Gasteiger charge is 2.42. The van der Waals surface area contributed by atoms with Crippen LogP contribution in [-0.2, 0) is 4.79 Å². The van der Waals surface area contributed by atoms with Crippen molar-refractivity contribution in [3.05, 3.63) is 40.0 Å². The number of rotatable bonds is 4. The van der Waals surface area contributed by atoms with E-state index in [1.807, 2.05) is 6.07 Å². The van der Waals surface area contributed by atoms with Crippen LogP contribution in [0.1, 0.15) is 24.4 Å². The van der Waals surface area contributed by atoms with Crippen molar-refractivity contribution in [2.45, 2.75) is 25.1 Å². The summed E-state index contributed by atoms with van der Waals surface area (Å²) in [6.07, 6.45) is -2.10. The van der Waals surface area contributed by atoms with Gasteiger partial charge in [0.2, 0.25) is 0 Å². The van der Waals surface area contributed by atoms with E-state index in [4.69, 9.17) is 28.9 Å². The van der Waals surface area contributed by atoms with Gasteiger partial charge in [0.15, 0.2) is 0 Å². The Labute approximate surface area is 168 Å². The normalized spacial score (nSPS) is 16.9. The van der Waals surface area contributed by atoms with Crippen LogP contribution in [0.5, 0.6) is 5.75 Å². The molecule has 1 aliphatic heterocycles. The van der Waals surface area contributed by atoms with Gasteiger partial charge in [-0.3, -0.25) is 5.10 Å². The van der Waals surface area contributed by atoms with E-state index in [1.165, 1.54) is 6.07 Å². The largest absolute Gasteiger partial charge is 0.491 e. The maximum absolute atomic E-state index is 12.6. The van der Waals surface area contributed by atoms with Crippen LogP contribution in [0.25, 0.3) is 0 Å². The van der Waals surface area contributed by atoms with Crippen molar-refractivity contribution >= 4 is 35.0 Å². The summed E-state index contributed by atoms with van der Waals surface area (Å²) in [5, 5.41) is 6.90. The second kappa shape index (κ2) is 8.18. The van der Waals surface area contributed by atoms with E-state index in [9.17, 15) is 18.0 Å². The molecule has 1 aliphatic rings. The summed E-state index contributed by atoms with van der Waals surface area (Å²) in [5.74, 6) is -1.82. The summed E-state index contributed by atoms with van der Waals surface area (Å²) in [5.41, 5.74) is 6.54. The lowest BCUT2D eigenvalue weighted by Crippen LogP contribution is -2.38. The molecule has 1 aromatic carbocycles. The van der Waals surface area contributed by atoms with Gasteiger partial charge >= 0.3 is 12.1 Å². The fourth-order valence-corrected chi connectivity index (χ4v) is 3.55. The lowest BCUT2D eigenvalue weighted by atomic mass is 9.85. The molecule has 0 unspecified atom stereocenters. The number of esters is 1. The first kappa shape index (κ1) is 20.8. The van der Waals surface area contributed by atoms with Crippen molar-refractivity contribution < 1.29 is 22.7 Å². The Hall–Kier alpha value is -1.97. The number of alkyl halides is 3. The zero-order valence-corrected chi connectivity index (χ0v) is 16.0. The van der Waals surface area contributed by atoms with E-state index in [-0.39, 0.29) is 27.3 Å². The summed E-state index contributed by atoms with van der Waals surface area (Å²) < 4.78 is 42.3. The number of nitrogens with one attached hydrogen (secondary N) is 1. The standard InChI is InChI=1S/C17H17Cl2F3N4O2/c18-11-7-10(13(8-12(11)19)28-16(27)17(20,21)22)15(23)9-2-5-26(6-3-9)14-1-4-24-25-14/h1,4,7-9,15H,2-3,5-6,23H2,(H,24,25)/t15-/m1/s1. The zero-order valence-electron chi connectivity index (χ0n) is 14.5. The third-order valence-electron chi connectivity index (χ3n) is 4.72. The van der Waals surface area contributed by atoms with Crippen molar-refractivity contribution in [3.8, 4) is 5.75 Å². The molecular formula is C17H17Cl2F3N4O2. The van der Waals surface area contributed by atoms with Crippen LogP contribution in [0.3, 0.4) is 0 Å². The van der Waals surface area contributed by atoms with Gasteiger partial charge < -0.3 is 15.4 Å². The van der Waals surface area contributed by atoms with Crippen LogP contribution in [0, 0.1) is 5.92 Å². The Balaban J connectivity index is 1.78. The molecule has 152 valence electrons. The van der Waals surface area contributed by atoms with E-state index >= 15 is 0 Å². The van der Waals surface area contributed by atoms with Gasteiger partial charge in [0.25, 0.3) is 0 Å². The van der Waals surface area contributed by atoms with Gasteiger partial charge in [-0.25, -0.2) is 4.79 Å². The van der Waals surface area contributed by atoms with E-state index in [1.54, 1.807) is 6.20 Å². The summed E-state index contributed by atoms with van der Waals surface area (Å²) in [6, 6.07) is 3.63. The third kappa shape index (κ3) is 4.53. The number of aromatic amines is 1. The third-order valence-corrected chi connectivity index (χ3v) is 5.44. The molecule has 3 rings (SSSR count). The molecule has 28 heavy (non-hydrogen) atoms. The Morgan fingerprint density at radius 2 is 1.93 bits per heavy atom. The molecule has 2 aromatic rings. The maximum Gasteiger partial charge on any atom is 0.491 e. The maximum atomic E-state index is 12.6. The highest BCUT2D eigenvalue weighted by atomic mass is 35.5. The minimum absolute atomic E-state index is 0.0309. The molecular weight excluding hydrogens is 420 g/mol. The molecule has 0 radical (unpaired) electrons. The molecule has 1 saturated heterocycles. The summed E-state index contributed by atoms with van der Waals surface area (Å²) >= 11 is 11.9. The smallest absolute Gasteiger partial charge is 0.419 e. The number of hydrogen-bond donors (Lipinski definition) is 2. The molecule has 1 atom stereocenters. The van der Waals surface area contributed by atoms with Crippen molar-refractivity contribution in [2.75, 3.05) is 18.0 Å². The molecule has 0 amide bonds.